The molecule has 1 heterocycles. The Bertz CT molecular complexity index is 848. The van der Waals surface area contributed by atoms with E-state index in [0.717, 1.165) is 22.7 Å². The largest absolute Gasteiger partial charge is 0.352 e. The van der Waals surface area contributed by atoms with Crippen molar-refractivity contribution in [3.63, 3.8) is 0 Å². The van der Waals surface area contributed by atoms with Gasteiger partial charge in [0.2, 0.25) is 5.91 Å². The molecule has 4 aliphatic carbocycles. The molecule has 5 fully saturated rings. The summed E-state index contributed by atoms with van der Waals surface area (Å²) in [7, 11) is 0. The molecule has 6 rings (SSSR count). The Balaban J connectivity index is 1.26. The Labute approximate surface area is 177 Å². The Kier molecular flexibility index (Phi) is 4.46. The third-order valence-electron chi connectivity index (χ3n) is 8.31. The van der Waals surface area contributed by atoms with Crippen LogP contribution in [0.15, 0.2) is 30.3 Å². The number of rotatable bonds is 5. The minimum Gasteiger partial charge on any atom is -0.352 e. The van der Waals surface area contributed by atoms with Crippen molar-refractivity contribution in [3.05, 3.63) is 35.9 Å². The second-order valence-electron chi connectivity index (χ2n) is 10.4. The fourth-order valence-corrected chi connectivity index (χ4v) is 7.10. The minimum atomic E-state index is -1.13. The highest BCUT2D eigenvalue weighted by Gasteiger charge is 2.54. The van der Waals surface area contributed by atoms with E-state index in [9.17, 15) is 14.4 Å². The Morgan fingerprint density at radius 1 is 1.10 bits per heavy atom. The van der Waals surface area contributed by atoms with E-state index in [0.29, 0.717) is 5.56 Å². The summed E-state index contributed by atoms with van der Waals surface area (Å²) < 4.78 is 0. The molecule has 1 aromatic carbocycles. The van der Waals surface area contributed by atoms with Crippen LogP contribution in [0.25, 0.3) is 0 Å². The molecule has 4 amide bonds. The maximum atomic E-state index is 13.0. The van der Waals surface area contributed by atoms with Gasteiger partial charge in [0.1, 0.15) is 12.1 Å². The number of carbonyl (C=O) groups is 3. The van der Waals surface area contributed by atoms with Crippen molar-refractivity contribution in [1.82, 2.24) is 15.5 Å². The maximum absolute atomic E-state index is 13.0. The molecule has 2 atom stereocenters. The molecule has 0 unspecified atom stereocenters. The monoisotopic (exact) mass is 409 g/mol. The van der Waals surface area contributed by atoms with Gasteiger partial charge >= 0.3 is 6.03 Å². The molecule has 1 aliphatic heterocycles. The zero-order chi connectivity index (χ0) is 21.1. The number of hydrogen-bond donors (Lipinski definition) is 2. The fraction of sp³-hybridized carbons (Fsp3) is 0.625. The lowest BCUT2D eigenvalue weighted by Crippen LogP contribution is -2.57. The lowest BCUT2D eigenvalue weighted by atomic mass is 9.48. The lowest BCUT2D eigenvalue weighted by Gasteiger charge is -2.59. The third kappa shape index (κ3) is 3.03. The Hall–Kier alpha value is -2.37. The topological polar surface area (TPSA) is 78.5 Å². The van der Waals surface area contributed by atoms with Crippen LogP contribution in [0, 0.1) is 23.2 Å². The molecular formula is C24H31N3O3. The van der Waals surface area contributed by atoms with Gasteiger partial charge in [-0.05, 0) is 81.1 Å². The van der Waals surface area contributed by atoms with Crippen LogP contribution in [-0.2, 0) is 15.1 Å². The first-order valence-corrected chi connectivity index (χ1v) is 11.3. The molecule has 6 heteroatoms. The van der Waals surface area contributed by atoms with Gasteiger partial charge in [-0.1, -0.05) is 30.3 Å². The van der Waals surface area contributed by atoms with E-state index in [1.807, 2.05) is 30.3 Å². The molecule has 160 valence electrons. The molecule has 5 aliphatic rings. The molecule has 0 spiro atoms. The first-order chi connectivity index (χ1) is 14.3. The third-order valence-corrected chi connectivity index (χ3v) is 8.31. The molecule has 6 nitrogen and oxygen atoms in total. The van der Waals surface area contributed by atoms with E-state index in [1.54, 1.807) is 6.92 Å². The second-order valence-corrected chi connectivity index (χ2v) is 10.4. The van der Waals surface area contributed by atoms with Gasteiger partial charge in [-0.2, -0.15) is 0 Å². The summed E-state index contributed by atoms with van der Waals surface area (Å²) >= 11 is 0. The van der Waals surface area contributed by atoms with Crippen molar-refractivity contribution < 1.29 is 14.4 Å². The van der Waals surface area contributed by atoms with Gasteiger partial charge in [-0.3, -0.25) is 14.5 Å². The zero-order valence-corrected chi connectivity index (χ0v) is 17.8. The van der Waals surface area contributed by atoms with Gasteiger partial charge < -0.3 is 10.6 Å². The number of urea groups is 1. The number of hydrogen-bond acceptors (Lipinski definition) is 3. The van der Waals surface area contributed by atoms with Gasteiger partial charge in [-0.15, -0.1) is 0 Å². The maximum Gasteiger partial charge on any atom is 0.325 e. The first kappa shape index (κ1) is 19.6. The molecule has 30 heavy (non-hydrogen) atoms. The summed E-state index contributed by atoms with van der Waals surface area (Å²) in [5.74, 6) is 1.81. The van der Waals surface area contributed by atoms with Crippen molar-refractivity contribution in [2.75, 3.05) is 6.54 Å². The summed E-state index contributed by atoms with van der Waals surface area (Å²) in [6, 6.07) is 8.73. The number of amides is 4. The highest BCUT2D eigenvalue weighted by Crippen LogP contribution is 2.61. The molecule has 0 radical (unpaired) electrons. The van der Waals surface area contributed by atoms with Crippen LogP contribution >= 0.6 is 0 Å². The van der Waals surface area contributed by atoms with Crippen LogP contribution in [0.4, 0.5) is 4.79 Å². The Morgan fingerprint density at radius 2 is 1.67 bits per heavy atom. The minimum absolute atomic E-state index is 0.0691. The van der Waals surface area contributed by atoms with Gasteiger partial charge in [0.25, 0.3) is 5.91 Å². The molecule has 4 saturated carbocycles. The van der Waals surface area contributed by atoms with E-state index in [-0.39, 0.29) is 29.8 Å². The second kappa shape index (κ2) is 6.82. The van der Waals surface area contributed by atoms with Gasteiger partial charge in [0.15, 0.2) is 0 Å². The fourth-order valence-electron chi connectivity index (χ4n) is 7.10. The predicted octanol–water partition coefficient (Wildman–Crippen LogP) is 3.17. The SMILES string of the molecule is C[C@H](NC(=O)CN1C(=O)N[C@](C)(c2ccccc2)C1=O)C12CC3CC(CC(C3)C1)C2. The highest BCUT2D eigenvalue weighted by molar-refractivity contribution is 6.09. The number of carbonyl (C=O) groups excluding carboxylic acids is 3. The van der Waals surface area contributed by atoms with Crippen LogP contribution in [0.2, 0.25) is 0 Å². The summed E-state index contributed by atoms with van der Waals surface area (Å²) in [6.45, 7) is 3.58. The molecule has 2 N–H and O–H groups in total. The van der Waals surface area contributed by atoms with Gasteiger partial charge in [0.05, 0.1) is 0 Å². The van der Waals surface area contributed by atoms with E-state index in [1.165, 1.54) is 38.5 Å². The van der Waals surface area contributed by atoms with E-state index in [2.05, 4.69) is 17.6 Å². The quantitative estimate of drug-likeness (QED) is 0.733. The number of nitrogens with zero attached hydrogens (tertiary/aromatic N) is 1. The predicted molar refractivity (Wildman–Crippen MR) is 112 cm³/mol. The summed E-state index contributed by atoms with van der Waals surface area (Å²) in [6.07, 6.45) is 7.70. The number of nitrogens with one attached hydrogen (secondary N) is 2. The van der Waals surface area contributed by atoms with Crippen LogP contribution in [-0.4, -0.2) is 35.3 Å². The summed E-state index contributed by atoms with van der Waals surface area (Å²) in [5.41, 5.74) is -0.224. The van der Waals surface area contributed by atoms with Crippen molar-refractivity contribution in [2.45, 2.75) is 64.0 Å². The number of imide groups is 1. The lowest BCUT2D eigenvalue weighted by molar-refractivity contribution is -0.136. The van der Waals surface area contributed by atoms with Gasteiger partial charge in [0, 0.05) is 6.04 Å². The zero-order valence-electron chi connectivity index (χ0n) is 17.8. The van der Waals surface area contributed by atoms with Gasteiger partial charge in [-0.25, -0.2) is 4.79 Å². The first-order valence-electron chi connectivity index (χ1n) is 11.3. The summed E-state index contributed by atoms with van der Waals surface area (Å²) in [4.78, 5) is 39.5. The molecule has 0 aromatic heterocycles. The molecule has 4 bridgehead atoms. The highest BCUT2D eigenvalue weighted by atomic mass is 16.2. The van der Waals surface area contributed by atoms with E-state index >= 15 is 0 Å². The Morgan fingerprint density at radius 3 is 2.23 bits per heavy atom. The smallest absolute Gasteiger partial charge is 0.325 e. The molecular weight excluding hydrogens is 378 g/mol. The van der Waals surface area contributed by atoms with Crippen LogP contribution in [0.1, 0.15) is 57.9 Å². The summed E-state index contributed by atoms with van der Waals surface area (Å²) in [5, 5.41) is 5.93. The normalized spacial score (nSPS) is 37.9. The average Bonchev–Trinajstić information content (AvgIpc) is 2.91. The van der Waals surface area contributed by atoms with Crippen LogP contribution in [0.5, 0.6) is 0 Å². The number of benzene rings is 1. The average molecular weight is 410 g/mol. The van der Waals surface area contributed by atoms with Crippen molar-refractivity contribution in [2.24, 2.45) is 23.2 Å². The van der Waals surface area contributed by atoms with E-state index in [4.69, 9.17) is 0 Å². The molecule has 1 saturated heterocycles. The van der Waals surface area contributed by atoms with Crippen molar-refractivity contribution in [3.8, 4) is 0 Å². The van der Waals surface area contributed by atoms with Crippen molar-refractivity contribution in [1.29, 1.82) is 0 Å². The molecule has 1 aromatic rings. The standard InChI is InChI=1S/C24H31N3O3/c1-15(24-11-16-8-17(12-24)10-18(9-16)13-24)25-20(28)14-27-21(29)23(2,26-22(27)30)19-6-4-3-5-7-19/h3-7,15-18H,8-14H2,1-2H3,(H,25,28)(H,26,30)/t15-,16?,17?,18?,23+,24?/m0/s1. The van der Waals surface area contributed by atoms with Crippen LogP contribution in [0.3, 0.4) is 0 Å². The van der Waals surface area contributed by atoms with Crippen LogP contribution < -0.4 is 10.6 Å². The van der Waals surface area contributed by atoms with E-state index < -0.39 is 11.6 Å². The van der Waals surface area contributed by atoms with Crippen molar-refractivity contribution >= 4 is 17.8 Å².